The van der Waals surface area contributed by atoms with E-state index >= 15 is 0 Å². The molecule has 2 atom stereocenters. The molecule has 0 bridgehead atoms. The van der Waals surface area contributed by atoms with Gasteiger partial charge < -0.3 is 0 Å². The molecular weight excluding hydrogens is 259 g/mol. The maximum Gasteiger partial charge on any atom is 0.137 e. The van der Waals surface area contributed by atoms with Gasteiger partial charge in [0.25, 0.3) is 0 Å². The largest absolute Gasteiger partial charge is 0.271 e. The Hall–Kier alpha value is -0.450. The van der Waals surface area contributed by atoms with E-state index in [0.29, 0.717) is 10.4 Å². The third kappa shape index (κ3) is 3.00. The summed E-state index contributed by atoms with van der Waals surface area (Å²) in [5, 5.41) is 0. The van der Waals surface area contributed by atoms with Crippen molar-refractivity contribution in [2.75, 3.05) is 0 Å². The molecule has 2 nitrogen and oxygen atoms in total. The van der Waals surface area contributed by atoms with E-state index in [4.69, 9.17) is 5.84 Å². The van der Waals surface area contributed by atoms with Crippen molar-refractivity contribution in [1.82, 2.24) is 5.43 Å². The Balaban J connectivity index is 2.97. The number of nitrogens with two attached hydrogens (primary N) is 1. The van der Waals surface area contributed by atoms with Crippen molar-refractivity contribution in [3.05, 3.63) is 34.1 Å². The summed E-state index contributed by atoms with van der Waals surface area (Å²) in [7, 11) is 0. The predicted octanol–water partition coefficient (Wildman–Crippen LogP) is 3.14. The summed E-state index contributed by atoms with van der Waals surface area (Å²) in [5.41, 5.74) is 3.62. The molecular formula is C11H16BrFN2. The summed E-state index contributed by atoms with van der Waals surface area (Å²) in [6, 6.07) is 5.10. The zero-order valence-electron chi connectivity index (χ0n) is 8.93. The first-order valence-corrected chi connectivity index (χ1v) is 5.80. The topological polar surface area (TPSA) is 38.0 Å². The first-order chi connectivity index (χ1) is 7.10. The second-order valence-corrected chi connectivity index (χ2v) is 4.56. The minimum atomic E-state index is -0.254. The van der Waals surface area contributed by atoms with E-state index in [-0.39, 0.29) is 11.9 Å². The van der Waals surface area contributed by atoms with E-state index in [1.165, 1.54) is 6.07 Å². The average molecular weight is 275 g/mol. The van der Waals surface area contributed by atoms with Crippen molar-refractivity contribution in [2.24, 2.45) is 11.8 Å². The second-order valence-electron chi connectivity index (χ2n) is 3.70. The minimum Gasteiger partial charge on any atom is -0.271 e. The van der Waals surface area contributed by atoms with E-state index < -0.39 is 0 Å². The Labute approximate surface area is 98.1 Å². The van der Waals surface area contributed by atoms with Gasteiger partial charge in [-0.1, -0.05) is 26.3 Å². The fourth-order valence-corrected chi connectivity index (χ4v) is 1.78. The smallest absolute Gasteiger partial charge is 0.137 e. The van der Waals surface area contributed by atoms with E-state index in [0.717, 1.165) is 12.0 Å². The van der Waals surface area contributed by atoms with E-state index in [2.05, 4.69) is 35.2 Å². The molecule has 3 N–H and O–H groups in total. The highest BCUT2D eigenvalue weighted by molar-refractivity contribution is 9.10. The van der Waals surface area contributed by atoms with Crippen LogP contribution >= 0.6 is 15.9 Å². The number of rotatable bonds is 4. The van der Waals surface area contributed by atoms with Crippen molar-refractivity contribution in [3.63, 3.8) is 0 Å². The van der Waals surface area contributed by atoms with Crippen LogP contribution in [0.3, 0.4) is 0 Å². The minimum absolute atomic E-state index is 0.00222. The molecule has 4 heteroatoms. The van der Waals surface area contributed by atoms with Crippen molar-refractivity contribution < 1.29 is 4.39 Å². The van der Waals surface area contributed by atoms with Gasteiger partial charge in [-0.15, -0.1) is 0 Å². The lowest BCUT2D eigenvalue weighted by Gasteiger charge is -2.22. The molecule has 0 radical (unpaired) electrons. The zero-order valence-corrected chi connectivity index (χ0v) is 10.5. The molecule has 15 heavy (non-hydrogen) atoms. The van der Waals surface area contributed by atoms with Gasteiger partial charge in [0, 0.05) is 6.04 Å². The van der Waals surface area contributed by atoms with Crippen LogP contribution in [0, 0.1) is 11.7 Å². The number of halogens is 2. The Kier molecular flexibility index (Phi) is 4.70. The van der Waals surface area contributed by atoms with Crippen molar-refractivity contribution in [1.29, 1.82) is 0 Å². The van der Waals surface area contributed by atoms with Crippen LogP contribution in [0.25, 0.3) is 0 Å². The maximum absolute atomic E-state index is 13.3. The zero-order chi connectivity index (χ0) is 11.4. The van der Waals surface area contributed by atoms with Gasteiger partial charge in [0.15, 0.2) is 0 Å². The molecule has 1 aromatic rings. The van der Waals surface area contributed by atoms with E-state index in [1.54, 1.807) is 6.07 Å². The third-order valence-corrected chi connectivity index (χ3v) is 3.34. The summed E-state index contributed by atoms with van der Waals surface area (Å²) in [6.07, 6.45) is 0.993. The first kappa shape index (κ1) is 12.6. The third-order valence-electron chi connectivity index (χ3n) is 2.70. The van der Waals surface area contributed by atoms with Gasteiger partial charge >= 0.3 is 0 Å². The summed E-state index contributed by atoms with van der Waals surface area (Å²) < 4.78 is 13.8. The van der Waals surface area contributed by atoms with Gasteiger partial charge in [0.2, 0.25) is 0 Å². The SMILES string of the molecule is CCC(C)C(NN)c1ccc(Br)c(F)c1. The molecule has 0 amide bonds. The Morgan fingerprint density at radius 3 is 2.67 bits per heavy atom. The van der Waals surface area contributed by atoms with Gasteiger partial charge in [-0.25, -0.2) is 4.39 Å². The molecule has 0 saturated heterocycles. The van der Waals surface area contributed by atoms with E-state index in [9.17, 15) is 4.39 Å². The molecule has 2 unspecified atom stereocenters. The van der Waals surface area contributed by atoms with Crippen LogP contribution in [0.1, 0.15) is 31.9 Å². The Bertz CT molecular complexity index is 330. The number of hydrogen-bond donors (Lipinski definition) is 2. The summed E-state index contributed by atoms with van der Waals surface area (Å²) in [4.78, 5) is 0. The van der Waals surface area contributed by atoms with E-state index in [1.807, 2.05) is 6.07 Å². The fraction of sp³-hybridized carbons (Fsp3) is 0.455. The molecule has 1 rings (SSSR count). The summed E-state index contributed by atoms with van der Waals surface area (Å²) in [5.74, 6) is 5.60. The second kappa shape index (κ2) is 5.58. The molecule has 0 spiro atoms. The van der Waals surface area contributed by atoms with Gasteiger partial charge in [-0.2, -0.15) is 0 Å². The lowest BCUT2D eigenvalue weighted by atomic mass is 9.93. The maximum atomic E-state index is 13.3. The van der Waals surface area contributed by atoms with Crippen molar-refractivity contribution in [3.8, 4) is 0 Å². The van der Waals surface area contributed by atoms with Crippen LogP contribution in [-0.4, -0.2) is 0 Å². The molecule has 0 aliphatic rings. The number of hydrogen-bond acceptors (Lipinski definition) is 2. The lowest BCUT2D eigenvalue weighted by Crippen LogP contribution is -2.32. The summed E-state index contributed by atoms with van der Waals surface area (Å²) in [6.45, 7) is 4.18. The molecule has 0 fully saturated rings. The van der Waals surface area contributed by atoms with Gasteiger partial charge in [-0.3, -0.25) is 11.3 Å². The Morgan fingerprint density at radius 2 is 2.20 bits per heavy atom. The van der Waals surface area contributed by atoms with Crippen LogP contribution in [0.5, 0.6) is 0 Å². The number of hydrazine groups is 1. The normalized spacial score (nSPS) is 15.0. The average Bonchev–Trinajstić information content (AvgIpc) is 2.24. The molecule has 0 aliphatic heterocycles. The first-order valence-electron chi connectivity index (χ1n) is 5.01. The Morgan fingerprint density at radius 1 is 1.53 bits per heavy atom. The fourth-order valence-electron chi connectivity index (χ4n) is 1.53. The van der Waals surface area contributed by atoms with Gasteiger partial charge in [0.1, 0.15) is 5.82 Å². The van der Waals surface area contributed by atoms with Crippen molar-refractivity contribution >= 4 is 15.9 Å². The summed E-state index contributed by atoms with van der Waals surface area (Å²) >= 11 is 3.13. The van der Waals surface area contributed by atoms with Crippen LogP contribution in [-0.2, 0) is 0 Å². The molecule has 0 saturated carbocycles. The lowest BCUT2D eigenvalue weighted by molar-refractivity contribution is 0.381. The molecule has 1 aromatic carbocycles. The standard InChI is InChI=1S/C11H16BrFN2/c1-3-7(2)11(15-14)8-4-5-9(12)10(13)6-8/h4-7,11,15H,3,14H2,1-2H3. The van der Waals surface area contributed by atoms with Crippen LogP contribution < -0.4 is 11.3 Å². The molecule has 0 aliphatic carbocycles. The molecule has 0 heterocycles. The highest BCUT2D eigenvalue weighted by Crippen LogP contribution is 2.26. The van der Waals surface area contributed by atoms with Crippen LogP contribution in [0.4, 0.5) is 4.39 Å². The monoisotopic (exact) mass is 274 g/mol. The molecule has 0 aromatic heterocycles. The predicted molar refractivity (Wildman–Crippen MR) is 63.6 cm³/mol. The highest BCUT2D eigenvalue weighted by atomic mass is 79.9. The van der Waals surface area contributed by atoms with Crippen molar-refractivity contribution in [2.45, 2.75) is 26.3 Å². The van der Waals surface area contributed by atoms with Gasteiger partial charge in [-0.05, 0) is 39.5 Å². The van der Waals surface area contributed by atoms with Gasteiger partial charge in [0.05, 0.1) is 4.47 Å². The van der Waals surface area contributed by atoms with Crippen LogP contribution in [0.15, 0.2) is 22.7 Å². The molecule has 84 valence electrons. The quantitative estimate of drug-likeness (QED) is 0.654. The number of nitrogens with one attached hydrogen (secondary N) is 1. The van der Waals surface area contributed by atoms with Crippen LogP contribution in [0.2, 0.25) is 0 Å². The number of benzene rings is 1. The highest BCUT2D eigenvalue weighted by Gasteiger charge is 2.17.